The number of para-hydroxylation sites is 1. The second-order valence-corrected chi connectivity index (χ2v) is 5.39. The molecule has 0 aliphatic carbocycles. The largest absolute Gasteiger partial charge is 0.464 e. The van der Waals surface area contributed by atoms with Crippen LogP contribution in [-0.4, -0.2) is 22.6 Å². The van der Waals surface area contributed by atoms with Crippen LogP contribution in [0.4, 0.5) is 0 Å². The highest BCUT2D eigenvalue weighted by Crippen LogP contribution is 2.29. The molecule has 0 amide bonds. The third kappa shape index (κ3) is 2.02. The number of furan rings is 1. The first-order chi connectivity index (χ1) is 9.90. The molecule has 1 unspecified atom stereocenters. The fourth-order valence-electron chi connectivity index (χ4n) is 2.95. The second kappa shape index (κ2) is 4.80. The number of hydrogen-bond acceptors (Lipinski definition) is 3. The molecule has 4 nitrogen and oxygen atoms in total. The maximum atomic E-state index is 5.59. The summed E-state index contributed by atoms with van der Waals surface area (Å²) in [6.07, 6.45) is 7.18. The Kier molecular flexibility index (Phi) is 2.81. The highest BCUT2D eigenvalue weighted by atomic mass is 16.3. The average molecular weight is 267 g/mol. The molecule has 1 saturated heterocycles. The third-order valence-corrected chi connectivity index (χ3v) is 4.00. The topological polar surface area (TPSA) is 53.9 Å². The van der Waals surface area contributed by atoms with E-state index in [1.807, 2.05) is 24.4 Å². The quantitative estimate of drug-likeness (QED) is 0.766. The number of nitrogens with zero attached hydrogens (tertiary/aromatic N) is 1. The molecule has 0 saturated carbocycles. The van der Waals surface area contributed by atoms with E-state index in [1.165, 1.54) is 12.8 Å². The predicted octanol–water partition coefficient (Wildman–Crippen LogP) is 3.12. The fourth-order valence-corrected chi connectivity index (χ4v) is 2.95. The van der Waals surface area contributed by atoms with Gasteiger partial charge in [0.15, 0.2) is 0 Å². The first-order valence-electron chi connectivity index (χ1n) is 7.14. The average Bonchev–Trinajstić information content (AvgIpc) is 3.18. The number of rotatable bonds is 3. The molecule has 0 spiro atoms. The van der Waals surface area contributed by atoms with Crippen molar-refractivity contribution in [1.29, 1.82) is 0 Å². The molecule has 1 aromatic carbocycles. The van der Waals surface area contributed by atoms with Gasteiger partial charge in [0.05, 0.1) is 11.9 Å². The highest BCUT2D eigenvalue weighted by molar-refractivity contribution is 5.92. The van der Waals surface area contributed by atoms with Gasteiger partial charge < -0.3 is 14.7 Å². The Balaban J connectivity index is 1.64. The minimum atomic E-state index is 0.565. The number of fused-ring (bicyclic) bond motifs is 1. The molecule has 4 rings (SSSR count). The van der Waals surface area contributed by atoms with Gasteiger partial charge >= 0.3 is 0 Å². The lowest BCUT2D eigenvalue weighted by Crippen LogP contribution is -2.24. The molecule has 1 atom stereocenters. The number of hydrogen-bond donors (Lipinski definition) is 2. The van der Waals surface area contributed by atoms with E-state index in [-0.39, 0.29) is 0 Å². The van der Waals surface area contributed by atoms with Crippen LogP contribution in [0.3, 0.4) is 0 Å². The van der Waals surface area contributed by atoms with Crippen LogP contribution in [0.25, 0.3) is 22.2 Å². The highest BCUT2D eigenvalue weighted by Gasteiger charge is 2.17. The molecule has 1 fully saturated rings. The number of benzene rings is 1. The van der Waals surface area contributed by atoms with Crippen molar-refractivity contribution in [1.82, 2.24) is 15.3 Å². The maximum Gasteiger partial charge on any atom is 0.134 e. The third-order valence-electron chi connectivity index (χ3n) is 4.00. The number of aromatic amines is 1. The van der Waals surface area contributed by atoms with Crippen molar-refractivity contribution < 1.29 is 4.42 Å². The molecular formula is C16H17N3O. The predicted molar refractivity (Wildman–Crippen MR) is 78.5 cm³/mol. The van der Waals surface area contributed by atoms with E-state index in [2.05, 4.69) is 21.4 Å². The number of aromatic nitrogens is 2. The Morgan fingerprint density at radius 3 is 3.15 bits per heavy atom. The summed E-state index contributed by atoms with van der Waals surface area (Å²) in [5.74, 6) is 1.05. The minimum Gasteiger partial charge on any atom is -0.464 e. The molecular weight excluding hydrogens is 250 g/mol. The summed E-state index contributed by atoms with van der Waals surface area (Å²) in [6, 6.07) is 8.64. The van der Waals surface area contributed by atoms with Crippen molar-refractivity contribution in [2.45, 2.75) is 25.3 Å². The van der Waals surface area contributed by atoms with E-state index in [0.29, 0.717) is 6.04 Å². The van der Waals surface area contributed by atoms with Crippen LogP contribution < -0.4 is 5.32 Å². The maximum absolute atomic E-state index is 5.59. The molecule has 3 aromatic rings. The van der Waals surface area contributed by atoms with Gasteiger partial charge in [-0.15, -0.1) is 0 Å². The Labute approximate surface area is 117 Å². The minimum absolute atomic E-state index is 0.565. The normalized spacial score (nSPS) is 18.9. The molecule has 4 heteroatoms. The van der Waals surface area contributed by atoms with E-state index in [1.54, 1.807) is 6.26 Å². The van der Waals surface area contributed by atoms with Crippen molar-refractivity contribution in [2.75, 3.05) is 6.54 Å². The summed E-state index contributed by atoms with van der Waals surface area (Å²) in [6.45, 7) is 1.13. The first-order valence-corrected chi connectivity index (χ1v) is 7.14. The van der Waals surface area contributed by atoms with Crippen LogP contribution in [0, 0.1) is 0 Å². The van der Waals surface area contributed by atoms with E-state index in [9.17, 15) is 0 Å². The molecule has 0 radical (unpaired) electrons. The summed E-state index contributed by atoms with van der Waals surface area (Å²) in [5, 5.41) is 4.63. The van der Waals surface area contributed by atoms with Gasteiger partial charge in [-0.05, 0) is 25.5 Å². The van der Waals surface area contributed by atoms with E-state index in [4.69, 9.17) is 4.42 Å². The lowest BCUT2D eigenvalue weighted by Gasteiger charge is -2.06. The zero-order valence-corrected chi connectivity index (χ0v) is 11.2. The van der Waals surface area contributed by atoms with Crippen LogP contribution in [0.15, 0.2) is 41.1 Å². The number of nitrogens with one attached hydrogen (secondary N) is 2. The zero-order valence-electron chi connectivity index (χ0n) is 11.2. The summed E-state index contributed by atoms with van der Waals surface area (Å²) >= 11 is 0. The Morgan fingerprint density at radius 1 is 1.30 bits per heavy atom. The van der Waals surface area contributed by atoms with Crippen molar-refractivity contribution in [2.24, 2.45) is 0 Å². The van der Waals surface area contributed by atoms with Gasteiger partial charge in [-0.25, -0.2) is 4.98 Å². The Bertz CT molecular complexity index is 722. The number of imidazole rings is 1. The Morgan fingerprint density at radius 2 is 2.25 bits per heavy atom. The van der Waals surface area contributed by atoms with Gasteiger partial charge in [0, 0.05) is 23.4 Å². The molecule has 3 heterocycles. The van der Waals surface area contributed by atoms with Crippen LogP contribution >= 0.6 is 0 Å². The van der Waals surface area contributed by atoms with E-state index < -0.39 is 0 Å². The van der Waals surface area contributed by atoms with Crippen LogP contribution in [0.1, 0.15) is 18.7 Å². The lowest BCUT2D eigenvalue weighted by molar-refractivity contribution is 0.588. The van der Waals surface area contributed by atoms with Gasteiger partial charge in [-0.1, -0.05) is 18.2 Å². The second-order valence-electron chi connectivity index (χ2n) is 5.39. The number of H-pyrrole nitrogens is 1. The van der Waals surface area contributed by atoms with Crippen molar-refractivity contribution >= 4 is 11.0 Å². The monoisotopic (exact) mass is 267 g/mol. The summed E-state index contributed by atoms with van der Waals surface area (Å²) in [7, 11) is 0. The molecule has 20 heavy (non-hydrogen) atoms. The molecule has 102 valence electrons. The van der Waals surface area contributed by atoms with Crippen LogP contribution in [-0.2, 0) is 6.42 Å². The van der Waals surface area contributed by atoms with Gasteiger partial charge in [0.25, 0.3) is 0 Å². The van der Waals surface area contributed by atoms with Crippen molar-refractivity contribution in [3.63, 3.8) is 0 Å². The lowest BCUT2D eigenvalue weighted by atomic mass is 10.1. The van der Waals surface area contributed by atoms with Gasteiger partial charge in [-0.3, -0.25) is 0 Å². The van der Waals surface area contributed by atoms with Gasteiger partial charge in [-0.2, -0.15) is 0 Å². The summed E-state index contributed by atoms with van der Waals surface area (Å²) in [4.78, 5) is 7.93. The standard InChI is InChI=1S/C16H17N3O/c1-2-6-15-12(5-1)13(10-20-15)14-9-18-16(19-14)8-11-4-3-7-17-11/h1-2,5-6,9-11,17H,3-4,7-8H2,(H,18,19). The van der Waals surface area contributed by atoms with Gasteiger partial charge in [0.2, 0.25) is 0 Å². The summed E-state index contributed by atoms with van der Waals surface area (Å²) < 4.78 is 5.59. The van der Waals surface area contributed by atoms with Crippen molar-refractivity contribution in [3.05, 3.63) is 42.5 Å². The SMILES string of the molecule is c1ccc2c(-c3cnc(CC4CCCN4)[nH]3)coc2c1. The van der Waals surface area contributed by atoms with Crippen LogP contribution in [0.2, 0.25) is 0 Å². The van der Waals surface area contributed by atoms with Crippen molar-refractivity contribution in [3.8, 4) is 11.3 Å². The van der Waals surface area contributed by atoms with E-state index >= 15 is 0 Å². The smallest absolute Gasteiger partial charge is 0.134 e. The zero-order chi connectivity index (χ0) is 13.4. The molecule has 2 aromatic heterocycles. The van der Waals surface area contributed by atoms with E-state index in [0.717, 1.165) is 41.0 Å². The van der Waals surface area contributed by atoms with Crippen LogP contribution in [0.5, 0.6) is 0 Å². The molecule has 2 N–H and O–H groups in total. The fraction of sp³-hybridized carbons (Fsp3) is 0.312. The molecule has 0 bridgehead atoms. The van der Waals surface area contributed by atoms with Gasteiger partial charge in [0.1, 0.15) is 17.7 Å². The molecule has 1 aliphatic heterocycles. The molecule has 1 aliphatic rings. The Hall–Kier alpha value is -2.07. The first kappa shape index (κ1) is 11.7. The summed E-state index contributed by atoms with van der Waals surface area (Å²) in [5.41, 5.74) is 3.03.